The minimum atomic E-state index is -3.11. The summed E-state index contributed by atoms with van der Waals surface area (Å²) in [4.78, 5) is 11.1. The van der Waals surface area contributed by atoms with Crippen molar-refractivity contribution in [2.24, 2.45) is 4.99 Å². The van der Waals surface area contributed by atoms with Crippen molar-refractivity contribution in [2.45, 2.75) is 33.7 Å². The van der Waals surface area contributed by atoms with E-state index >= 15 is 0 Å². The summed E-state index contributed by atoms with van der Waals surface area (Å²) in [5.74, 6) is 0.940. The smallest absolute Gasteiger partial charge is 0.213 e. The number of thiazole rings is 1. The number of nitrogens with zero attached hydrogens (tertiary/aromatic N) is 4. The van der Waals surface area contributed by atoms with Gasteiger partial charge in [0.2, 0.25) is 10.0 Å². The van der Waals surface area contributed by atoms with Crippen LogP contribution in [0, 0.1) is 6.92 Å². The molecule has 0 aliphatic heterocycles. The number of aliphatic imine (C=N–C) groups is 1. The summed E-state index contributed by atoms with van der Waals surface area (Å²) >= 11 is 1.64. The summed E-state index contributed by atoms with van der Waals surface area (Å²) in [6, 6.07) is 0. The summed E-state index contributed by atoms with van der Waals surface area (Å²) in [6.45, 7) is 8.21. The predicted molar refractivity (Wildman–Crippen MR) is 116 cm³/mol. The first kappa shape index (κ1) is 24.5. The fourth-order valence-corrected chi connectivity index (χ4v) is 3.56. The van der Waals surface area contributed by atoms with Gasteiger partial charge in [0.15, 0.2) is 5.96 Å². The van der Waals surface area contributed by atoms with E-state index in [4.69, 9.17) is 0 Å². The highest BCUT2D eigenvalue weighted by Gasteiger charge is 2.14. The summed E-state index contributed by atoms with van der Waals surface area (Å²) in [5.41, 5.74) is 1.03. The van der Waals surface area contributed by atoms with Crippen molar-refractivity contribution >= 4 is 51.3 Å². The molecule has 0 amide bonds. The standard InChI is InChI=1S/C15H29N5O2S2.HI/c1-6-16-15(19(4)11-14-12-23-13(3)18-14)17-9-8-10-20(5)24(21,22)7-2;/h12H,6-11H2,1-5H3,(H,16,17);1H. The largest absolute Gasteiger partial charge is 0.357 e. The predicted octanol–water partition coefficient (Wildman–Crippen LogP) is 2.14. The van der Waals surface area contributed by atoms with Gasteiger partial charge in [0.05, 0.1) is 23.0 Å². The van der Waals surface area contributed by atoms with Crippen molar-refractivity contribution in [1.29, 1.82) is 0 Å². The number of halogens is 1. The van der Waals surface area contributed by atoms with E-state index in [0.29, 0.717) is 26.1 Å². The molecular weight excluding hydrogens is 473 g/mol. The molecule has 1 aromatic heterocycles. The van der Waals surface area contributed by atoms with Crippen LogP contribution in [-0.2, 0) is 16.6 Å². The van der Waals surface area contributed by atoms with Gasteiger partial charge in [-0.3, -0.25) is 4.99 Å². The molecule has 0 saturated heterocycles. The Morgan fingerprint density at radius 1 is 1.36 bits per heavy atom. The number of sulfonamides is 1. The average Bonchev–Trinajstić information content (AvgIpc) is 2.94. The second-order valence-electron chi connectivity index (χ2n) is 5.53. The zero-order valence-electron chi connectivity index (χ0n) is 15.7. The van der Waals surface area contributed by atoms with Gasteiger partial charge < -0.3 is 10.2 Å². The quantitative estimate of drug-likeness (QED) is 0.242. The molecule has 10 heteroatoms. The normalized spacial score (nSPS) is 12.2. The Bertz CT molecular complexity index is 634. The number of rotatable bonds is 9. The van der Waals surface area contributed by atoms with Crippen LogP contribution in [-0.4, -0.2) is 68.0 Å². The second-order valence-corrected chi connectivity index (χ2v) is 8.95. The Labute approximate surface area is 173 Å². The van der Waals surface area contributed by atoms with Gasteiger partial charge in [-0.15, -0.1) is 35.3 Å². The Balaban J connectivity index is 0.00000576. The Morgan fingerprint density at radius 3 is 2.56 bits per heavy atom. The first-order chi connectivity index (χ1) is 11.3. The highest BCUT2D eigenvalue weighted by Crippen LogP contribution is 2.09. The van der Waals surface area contributed by atoms with E-state index in [1.165, 1.54) is 4.31 Å². The van der Waals surface area contributed by atoms with Crippen LogP contribution in [0.5, 0.6) is 0 Å². The van der Waals surface area contributed by atoms with Gasteiger partial charge in [0, 0.05) is 39.1 Å². The number of hydrogen-bond acceptors (Lipinski definition) is 5. The van der Waals surface area contributed by atoms with E-state index in [2.05, 4.69) is 20.7 Å². The van der Waals surface area contributed by atoms with Crippen LogP contribution < -0.4 is 5.32 Å². The number of hydrogen-bond donors (Lipinski definition) is 1. The molecule has 0 radical (unpaired) electrons. The Kier molecular flexibility index (Phi) is 11.8. The van der Waals surface area contributed by atoms with E-state index < -0.39 is 10.0 Å². The lowest BCUT2D eigenvalue weighted by Crippen LogP contribution is -2.38. The molecule has 0 bridgehead atoms. The minimum Gasteiger partial charge on any atom is -0.357 e. The van der Waals surface area contributed by atoms with Crippen LogP contribution in [0.4, 0.5) is 0 Å². The molecule has 0 unspecified atom stereocenters. The summed E-state index contributed by atoms with van der Waals surface area (Å²) in [5, 5.41) is 6.37. The number of aryl methyl sites for hydroxylation is 1. The highest BCUT2D eigenvalue weighted by molar-refractivity contribution is 14.0. The molecule has 1 rings (SSSR count). The van der Waals surface area contributed by atoms with Crippen LogP contribution in [0.25, 0.3) is 0 Å². The topological polar surface area (TPSA) is 77.9 Å². The highest BCUT2D eigenvalue weighted by atomic mass is 127. The number of guanidine groups is 1. The van der Waals surface area contributed by atoms with Crippen molar-refractivity contribution in [1.82, 2.24) is 19.5 Å². The van der Waals surface area contributed by atoms with Crippen LogP contribution >= 0.6 is 35.3 Å². The molecule has 146 valence electrons. The molecule has 0 saturated carbocycles. The third-order valence-electron chi connectivity index (χ3n) is 3.49. The zero-order chi connectivity index (χ0) is 18.2. The molecule has 25 heavy (non-hydrogen) atoms. The van der Waals surface area contributed by atoms with Gasteiger partial charge in [-0.25, -0.2) is 17.7 Å². The lowest BCUT2D eigenvalue weighted by molar-refractivity contribution is 0.457. The van der Waals surface area contributed by atoms with Gasteiger partial charge in [-0.1, -0.05) is 0 Å². The van der Waals surface area contributed by atoms with Crippen LogP contribution in [0.1, 0.15) is 31.0 Å². The fraction of sp³-hybridized carbons (Fsp3) is 0.733. The molecule has 0 atom stereocenters. The molecular formula is C15H30IN5O2S2. The first-order valence-electron chi connectivity index (χ1n) is 8.14. The maximum absolute atomic E-state index is 11.7. The fourth-order valence-electron chi connectivity index (χ4n) is 2.11. The van der Waals surface area contributed by atoms with Crippen molar-refractivity contribution < 1.29 is 8.42 Å². The molecule has 0 aromatic carbocycles. The van der Waals surface area contributed by atoms with Gasteiger partial charge in [-0.05, 0) is 27.2 Å². The summed E-state index contributed by atoms with van der Waals surface area (Å²) < 4.78 is 24.8. The minimum absolute atomic E-state index is 0. The van der Waals surface area contributed by atoms with Crippen LogP contribution in [0.3, 0.4) is 0 Å². The van der Waals surface area contributed by atoms with Crippen LogP contribution in [0.15, 0.2) is 10.4 Å². The number of nitrogens with one attached hydrogen (secondary N) is 1. The third kappa shape index (κ3) is 8.65. The Hall–Kier alpha value is -0.460. The second kappa shape index (κ2) is 12.0. The molecule has 1 aromatic rings. The van der Waals surface area contributed by atoms with E-state index in [1.807, 2.05) is 25.8 Å². The number of aromatic nitrogens is 1. The molecule has 1 N–H and O–H groups in total. The van der Waals surface area contributed by atoms with E-state index in [9.17, 15) is 8.42 Å². The van der Waals surface area contributed by atoms with Gasteiger partial charge >= 0.3 is 0 Å². The van der Waals surface area contributed by atoms with E-state index in [1.54, 1.807) is 25.3 Å². The van der Waals surface area contributed by atoms with Gasteiger partial charge in [-0.2, -0.15) is 0 Å². The molecule has 0 fully saturated rings. The molecule has 7 nitrogen and oxygen atoms in total. The van der Waals surface area contributed by atoms with Gasteiger partial charge in [0.25, 0.3) is 0 Å². The monoisotopic (exact) mass is 503 g/mol. The maximum Gasteiger partial charge on any atom is 0.213 e. The van der Waals surface area contributed by atoms with Gasteiger partial charge in [0.1, 0.15) is 0 Å². The van der Waals surface area contributed by atoms with E-state index in [0.717, 1.165) is 23.2 Å². The summed E-state index contributed by atoms with van der Waals surface area (Å²) in [7, 11) is 0.479. The molecule has 1 heterocycles. The van der Waals surface area contributed by atoms with E-state index in [-0.39, 0.29) is 29.7 Å². The van der Waals surface area contributed by atoms with Crippen molar-refractivity contribution in [3.8, 4) is 0 Å². The maximum atomic E-state index is 11.7. The lowest BCUT2D eigenvalue weighted by atomic mass is 10.4. The third-order valence-corrected chi connectivity index (χ3v) is 6.18. The molecule has 0 spiro atoms. The van der Waals surface area contributed by atoms with Crippen molar-refractivity contribution in [2.75, 3.05) is 39.5 Å². The lowest BCUT2D eigenvalue weighted by Gasteiger charge is -2.21. The Morgan fingerprint density at radius 2 is 2.04 bits per heavy atom. The SMILES string of the molecule is CCNC(=NCCCN(C)S(=O)(=O)CC)N(C)Cc1csc(C)n1.I. The van der Waals surface area contributed by atoms with Crippen molar-refractivity contribution in [3.05, 3.63) is 16.1 Å². The molecule has 0 aliphatic carbocycles. The summed E-state index contributed by atoms with van der Waals surface area (Å²) in [6.07, 6.45) is 0.689. The van der Waals surface area contributed by atoms with Crippen LogP contribution in [0.2, 0.25) is 0 Å². The average molecular weight is 503 g/mol. The van der Waals surface area contributed by atoms with Crippen molar-refractivity contribution in [3.63, 3.8) is 0 Å². The zero-order valence-corrected chi connectivity index (χ0v) is 19.6. The first-order valence-corrected chi connectivity index (χ1v) is 10.6. The molecule has 0 aliphatic rings.